The van der Waals surface area contributed by atoms with Crippen molar-refractivity contribution in [1.82, 2.24) is 9.55 Å². The molecule has 0 spiro atoms. The molecule has 0 aromatic carbocycles. The summed E-state index contributed by atoms with van der Waals surface area (Å²) >= 11 is 0. The molecule has 0 amide bonds. The van der Waals surface area contributed by atoms with Crippen molar-refractivity contribution in [1.29, 1.82) is 0 Å². The van der Waals surface area contributed by atoms with E-state index in [0.29, 0.717) is 11.5 Å². The van der Waals surface area contributed by atoms with Gasteiger partial charge in [-0.15, -0.1) is 0 Å². The van der Waals surface area contributed by atoms with Crippen LogP contribution in [0.2, 0.25) is 0 Å². The van der Waals surface area contributed by atoms with Gasteiger partial charge in [-0.1, -0.05) is 0 Å². The van der Waals surface area contributed by atoms with Crippen molar-refractivity contribution in [2.24, 2.45) is 7.05 Å². The molecular weight excluding hydrogens is 168 g/mol. The summed E-state index contributed by atoms with van der Waals surface area (Å²) in [5.74, 6) is 0.325. The Morgan fingerprint density at radius 2 is 1.85 bits per heavy atom. The van der Waals surface area contributed by atoms with Gasteiger partial charge in [0.2, 0.25) is 11.6 Å². The van der Waals surface area contributed by atoms with E-state index in [4.69, 9.17) is 0 Å². The Balaban J connectivity index is 2.76. The number of rotatable bonds is 0. The molecule has 0 atom stereocenters. The Labute approximate surface area is 74.9 Å². The van der Waals surface area contributed by atoms with Gasteiger partial charge < -0.3 is 4.57 Å². The topological polar surface area (TPSA) is 52.0 Å². The second-order valence-corrected chi connectivity index (χ2v) is 2.98. The minimum Gasteiger partial charge on any atom is -0.328 e. The summed E-state index contributed by atoms with van der Waals surface area (Å²) in [6, 6.07) is 0. The molecule has 1 aromatic rings. The lowest BCUT2D eigenvalue weighted by atomic mass is 10.1. The summed E-state index contributed by atoms with van der Waals surface area (Å²) in [5.41, 5.74) is 0.664. The van der Waals surface area contributed by atoms with Crippen molar-refractivity contribution in [3.8, 4) is 0 Å². The minimum absolute atomic E-state index is 0.155. The van der Waals surface area contributed by atoms with E-state index in [1.807, 2.05) is 0 Å². The van der Waals surface area contributed by atoms with Crippen molar-refractivity contribution in [3.05, 3.63) is 29.4 Å². The van der Waals surface area contributed by atoms with Crippen LogP contribution in [-0.4, -0.2) is 21.1 Å². The van der Waals surface area contributed by atoms with Gasteiger partial charge in [-0.2, -0.15) is 0 Å². The molecule has 0 bridgehead atoms. The molecule has 0 N–H and O–H groups in total. The third-order valence-electron chi connectivity index (χ3n) is 2.17. The number of nitrogens with zero attached hydrogens (tertiary/aromatic N) is 2. The largest absolute Gasteiger partial charge is 0.328 e. The Bertz CT molecular complexity index is 441. The third kappa shape index (κ3) is 0.950. The standard InChI is InChI=1S/C9H8N2O2/c1-5-10-8-6(12)3-4-7(13)9(8)11(5)2/h3-4H,1-2H3. The van der Waals surface area contributed by atoms with Gasteiger partial charge in [0.25, 0.3) is 0 Å². The summed E-state index contributed by atoms with van der Waals surface area (Å²) in [4.78, 5) is 26.7. The van der Waals surface area contributed by atoms with Crippen LogP contribution in [0, 0.1) is 6.92 Å². The van der Waals surface area contributed by atoms with E-state index < -0.39 is 0 Å². The second-order valence-electron chi connectivity index (χ2n) is 2.98. The molecule has 0 aliphatic heterocycles. The number of carbonyl (C=O) groups is 2. The first-order chi connectivity index (χ1) is 6.11. The van der Waals surface area contributed by atoms with Crippen LogP contribution in [0.3, 0.4) is 0 Å². The van der Waals surface area contributed by atoms with Crippen molar-refractivity contribution < 1.29 is 9.59 Å². The van der Waals surface area contributed by atoms with Crippen molar-refractivity contribution in [2.75, 3.05) is 0 Å². The van der Waals surface area contributed by atoms with Gasteiger partial charge in [-0.05, 0) is 19.1 Å². The lowest BCUT2D eigenvalue weighted by molar-refractivity contribution is 0.0987. The van der Waals surface area contributed by atoms with E-state index in [1.165, 1.54) is 12.2 Å². The first-order valence-corrected chi connectivity index (χ1v) is 3.91. The summed E-state index contributed by atoms with van der Waals surface area (Å²) in [5, 5.41) is 0. The van der Waals surface area contributed by atoms with E-state index in [9.17, 15) is 9.59 Å². The maximum absolute atomic E-state index is 11.4. The van der Waals surface area contributed by atoms with Crippen LogP contribution < -0.4 is 0 Å². The Hall–Kier alpha value is -1.71. The molecule has 1 heterocycles. The number of aryl methyl sites for hydroxylation is 1. The van der Waals surface area contributed by atoms with Crippen LogP contribution in [0.1, 0.15) is 26.8 Å². The van der Waals surface area contributed by atoms with E-state index in [1.54, 1.807) is 18.5 Å². The maximum Gasteiger partial charge on any atom is 0.206 e. The first kappa shape index (κ1) is 7.91. The predicted molar refractivity (Wildman–Crippen MR) is 45.7 cm³/mol. The fraction of sp³-hybridized carbons (Fsp3) is 0.222. The maximum atomic E-state index is 11.4. The fourth-order valence-corrected chi connectivity index (χ4v) is 1.37. The molecule has 13 heavy (non-hydrogen) atoms. The molecular formula is C9H8N2O2. The van der Waals surface area contributed by atoms with Crippen molar-refractivity contribution >= 4 is 11.6 Å². The van der Waals surface area contributed by atoms with E-state index in [0.717, 1.165) is 0 Å². The van der Waals surface area contributed by atoms with Crippen LogP contribution in [0.25, 0.3) is 0 Å². The Morgan fingerprint density at radius 1 is 1.23 bits per heavy atom. The van der Waals surface area contributed by atoms with Gasteiger partial charge in [0.05, 0.1) is 0 Å². The monoisotopic (exact) mass is 176 g/mol. The minimum atomic E-state index is -0.196. The zero-order chi connectivity index (χ0) is 9.59. The number of carbonyl (C=O) groups excluding carboxylic acids is 2. The number of aromatic nitrogens is 2. The quantitative estimate of drug-likeness (QED) is 0.583. The van der Waals surface area contributed by atoms with E-state index in [2.05, 4.69) is 4.98 Å². The van der Waals surface area contributed by atoms with Crippen LogP contribution in [-0.2, 0) is 7.05 Å². The number of hydrogen-bond donors (Lipinski definition) is 0. The van der Waals surface area contributed by atoms with Crippen molar-refractivity contribution in [2.45, 2.75) is 6.92 Å². The molecule has 0 unspecified atom stereocenters. The highest BCUT2D eigenvalue weighted by atomic mass is 16.1. The third-order valence-corrected chi connectivity index (χ3v) is 2.17. The second kappa shape index (κ2) is 2.39. The lowest BCUT2D eigenvalue weighted by Gasteiger charge is -2.03. The fourth-order valence-electron chi connectivity index (χ4n) is 1.37. The van der Waals surface area contributed by atoms with Crippen LogP contribution in [0.5, 0.6) is 0 Å². The summed E-state index contributed by atoms with van der Waals surface area (Å²) in [6.07, 6.45) is 2.54. The number of imidazole rings is 1. The van der Waals surface area contributed by atoms with Gasteiger partial charge in [-0.25, -0.2) is 4.98 Å². The van der Waals surface area contributed by atoms with Crippen LogP contribution in [0.15, 0.2) is 12.2 Å². The van der Waals surface area contributed by atoms with Gasteiger partial charge in [0.1, 0.15) is 17.2 Å². The SMILES string of the molecule is Cc1nc2c(n1C)C(=O)C=CC2=O. The molecule has 1 aromatic heterocycles. The number of allylic oxidation sites excluding steroid dienone is 2. The normalized spacial score (nSPS) is 14.9. The van der Waals surface area contributed by atoms with E-state index >= 15 is 0 Å². The lowest BCUT2D eigenvalue weighted by Crippen LogP contribution is -2.14. The molecule has 66 valence electrons. The highest BCUT2D eigenvalue weighted by Crippen LogP contribution is 2.16. The Kier molecular flexibility index (Phi) is 1.45. The highest BCUT2D eigenvalue weighted by molar-refractivity contribution is 6.20. The summed E-state index contributed by atoms with van der Waals surface area (Å²) in [6.45, 7) is 1.76. The molecule has 0 fully saturated rings. The number of ketones is 2. The summed E-state index contributed by atoms with van der Waals surface area (Å²) < 4.78 is 1.64. The average molecular weight is 176 g/mol. The number of hydrogen-bond acceptors (Lipinski definition) is 3. The van der Waals surface area contributed by atoms with Crippen LogP contribution in [0.4, 0.5) is 0 Å². The molecule has 4 heteroatoms. The smallest absolute Gasteiger partial charge is 0.206 e. The molecule has 4 nitrogen and oxygen atoms in total. The highest BCUT2D eigenvalue weighted by Gasteiger charge is 2.25. The number of fused-ring (bicyclic) bond motifs is 1. The van der Waals surface area contributed by atoms with Crippen LogP contribution >= 0.6 is 0 Å². The first-order valence-electron chi connectivity index (χ1n) is 3.91. The Morgan fingerprint density at radius 3 is 2.46 bits per heavy atom. The molecule has 0 radical (unpaired) electrons. The summed E-state index contributed by atoms with van der Waals surface area (Å²) in [7, 11) is 1.73. The van der Waals surface area contributed by atoms with Gasteiger partial charge in [0.15, 0.2) is 0 Å². The van der Waals surface area contributed by atoms with Gasteiger partial charge in [0, 0.05) is 7.05 Å². The van der Waals surface area contributed by atoms with E-state index in [-0.39, 0.29) is 17.3 Å². The average Bonchev–Trinajstić information content (AvgIpc) is 2.38. The molecule has 2 rings (SSSR count). The zero-order valence-corrected chi connectivity index (χ0v) is 7.37. The molecule has 1 aliphatic rings. The predicted octanol–water partition coefficient (Wildman–Crippen LogP) is 0.664. The van der Waals surface area contributed by atoms with Gasteiger partial charge in [-0.3, -0.25) is 9.59 Å². The van der Waals surface area contributed by atoms with Gasteiger partial charge >= 0.3 is 0 Å². The zero-order valence-electron chi connectivity index (χ0n) is 7.37. The van der Waals surface area contributed by atoms with Crippen molar-refractivity contribution in [3.63, 3.8) is 0 Å². The molecule has 0 saturated carbocycles. The molecule has 1 aliphatic carbocycles. The molecule has 0 saturated heterocycles.